The van der Waals surface area contributed by atoms with Crippen LogP contribution in [-0.4, -0.2) is 73.7 Å². The van der Waals surface area contributed by atoms with Gasteiger partial charge >= 0.3 is 0 Å². The van der Waals surface area contributed by atoms with Crippen molar-refractivity contribution in [3.8, 4) is 0 Å². The van der Waals surface area contributed by atoms with Crippen molar-refractivity contribution in [3.05, 3.63) is 0 Å². The summed E-state index contributed by atoms with van der Waals surface area (Å²) in [5, 5.41) is 3.20. The molecule has 0 bridgehead atoms. The first-order valence-electron chi connectivity index (χ1n) is 8.61. The highest BCUT2D eigenvalue weighted by atomic mass is 16.5. The lowest BCUT2D eigenvalue weighted by Gasteiger charge is -2.59. The third-order valence-electron chi connectivity index (χ3n) is 6.18. The number of nitrogens with zero attached hydrogens (tertiary/aromatic N) is 2. The standard InChI is InChI=1S/C17H33N3O2/c1-6-19-9-11-20(12-10-19)8-7-15(21)18-14-13-17(4,22-5)16(14,2)3/h14H,6-13H2,1-5H3,(H,18,21). The van der Waals surface area contributed by atoms with Crippen LogP contribution in [0.1, 0.15) is 40.5 Å². The topological polar surface area (TPSA) is 44.8 Å². The molecule has 0 spiro atoms. The monoisotopic (exact) mass is 311 g/mol. The predicted molar refractivity (Wildman–Crippen MR) is 88.9 cm³/mol. The van der Waals surface area contributed by atoms with E-state index in [4.69, 9.17) is 4.74 Å². The second kappa shape index (κ2) is 6.85. The summed E-state index contributed by atoms with van der Waals surface area (Å²) in [4.78, 5) is 17.1. The molecule has 2 atom stereocenters. The molecule has 0 aromatic rings. The van der Waals surface area contributed by atoms with E-state index in [0.717, 1.165) is 45.7 Å². The molecule has 2 fully saturated rings. The Kier molecular flexibility index (Phi) is 5.51. The maximum atomic E-state index is 12.2. The van der Waals surface area contributed by atoms with Gasteiger partial charge < -0.3 is 19.9 Å². The average molecular weight is 311 g/mol. The highest BCUT2D eigenvalue weighted by Crippen LogP contribution is 2.51. The molecule has 1 N–H and O–H groups in total. The molecular weight excluding hydrogens is 278 g/mol. The lowest BCUT2D eigenvalue weighted by Crippen LogP contribution is -2.68. The number of hydrogen-bond donors (Lipinski definition) is 1. The maximum Gasteiger partial charge on any atom is 0.221 e. The van der Waals surface area contributed by atoms with Gasteiger partial charge in [0, 0.05) is 57.7 Å². The summed E-state index contributed by atoms with van der Waals surface area (Å²) >= 11 is 0. The van der Waals surface area contributed by atoms with Crippen molar-refractivity contribution in [1.29, 1.82) is 0 Å². The Hall–Kier alpha value is -0.650. The van der Waals surface area contributed by atoms with Crippen LogP contribution in [0.25, 0.3) is 0 Å². The minimum absolute atomic E-state index is 0.00976. The molecule has 2 rings (SSSR count). The lowest BCUT2D eigenvalue weighted by atomic mass is 9.56. The van der Waals surface area contributed by atoms with Crippen LogP contribution in [0.4, 0.5) is 0 Å². The summed E-state index contributed by atoms with van der Waals surface area (Å²) in [6, 6.07) is 0.224. The first-order valence-corrected chi connectivity index (χ1v) is 8.61. The largest absolute Gasteiger partial charge is 0.378 e. The zero-order chi connectivity index (χ0) is 16.4. The Morgan fingerprint density at radius 3 is 2.27 bits per heavy atom. The van der Waals surface area contributed by atoms with E-state index in [2.05, 4.69) is 42.8 Å². The van der Waals surface area contributed by atoms with Crippen molar-refractivity contribution < 1.29 is 9.53 Å². The summed E-state index contributed by atoms with van der Waals surface area (Å²) in [7, 11) is 1.76. The number of methoxy groups -OCH3 is 1. The van der Waals surface area contributed by atoms with Gasteiger partial charge in [0.2, 0.25) is 5.91 Å². The second-order valence-corrected chi connectivity index (χ2v) is 7.51. The van der Waals surface area contributed by atoms with Crippen LogP contribution in [0.5, 0.6) is 0 Å². The molecule has 22 heavy (non-hydrogen) atoms. The number of amides is 1. The first kappa shape index (κ1) is 17.7. The number of likely N-dealkylation sites (N-methyl/N-ethyl adjacent to an activating group) is 1. The number of ether oxygens (including phenoxy) is 1. The maximum absolute atomic E-state index is 12.2. The Bertz CT molecular complexity index is 391. The molecule has 1 saturated carbocycles. The van der Waals surface area contributed by atoms with E-state index in [0.29, 0.717) is 6.42 Å². The van der Waals surface area contributed by atoms with Crippen molar-refractivity contribution in [3.63, 3.8) is 0 Å². The zero-order valence-corrected chi connectivity index (χ0v) is 14.9. The van der Waals surface area contributed by atoms with Crippen molar-refractivity contribution in [1.82, 2.24) is 15.1 Å². The molecule has 0 radical (unpaired) electrons. The fraction of sp³-hybridized carbons (Fsp3) is 0.941. The molecule has 2 unspecified atom stereocenters. The summed E-state index contributed by atoms with van der Waals surface area (Å²) < 4.78 is 5.61. The van der Waals surface area contributed by atoms with Gasteiger partial charge in [-0.3, -0.25) is 4.79 Å². The minimum Gasteiger partial charge on any atom is -0.378 e. The summed E-state index contributed by atoms with van der Waals surface area (Å²) in [6.07, 6.45) is 1.50. The first-order chi connectivity index (χ1) is 10.3. The van der Waals surface area contributed by atoms with Crippen LogP contribution in [0.3, 0.4) is 0 Å². The Labute approximate surface area is 135 Å². The molecule has 1 amide bonds. The van der Waals surface area contributed by atoms with Gasteiger partial charge in [0.25, 0.3) is 0 Å². The van der Waals surface area contributed by atoms with Gasteiger partial charge in [-0.1, -0.05) is 20.8 Å². The van der Waals surface area contributed by atoms with E-state index in [1.807, 2.05) is 0 Å². The normalized spacial score (nSPS) is 32.5. The number of hydrogen-bond acceptors (Lipinski definition) is 4. The Morgan fingerprint density at radius 1 is 1.18 bits per heavy atom. The van der Waals surface area contributed by atoms with Crippen LogP contribution < -0.4 is 5.32 Å². The number of nitrogens with one attached hydrogen (secondary N) is 1. The molecule has 2 aliphatic rings. The molecule has 0 aromatic heterocycles. The third kappa shape index (κ3) is 3.47. The van der Waals surface area contributed by atoms with Gasteiger partial charge in [-0.2, -0.15) is 0 Å². The van der Waals surface area contributed by atoms with E-state index in [-0.39, 0.29) is 23.0 Å². The number of carbonyl (C=O) groups is 1. The fourth-order valence-corrected chi connectivity index (χ4v) is 3.58. The highest BCUT2D eigenvalue weighted by Gasteiger charge is 2.58. The van der Waals surface area contributed by atoms with Gasteiger partial charge in [-0.05, 0) is 19.9 Å². The van der Waals surface area contributed by atoms with E-state index in [1.54, 1.807) is 7.11 Å². The second-order valence-electron chi connectivity index (χ2n) is 7.51. The van der Waals surface area contributed by atoms with Crippen LogP contribution in [-0.2, 0) is 9.53 Å². The number of piperazine rings is 1. The van der Waals surface area contributed by atoms with Crippen molar-refractivity contribution in [2.75, 3.05) is 46.4 Å². The van der Waals surface area contributed by atoms with Crippen LogP contribution in [0, 0.1) is 5.41 Å². The molecule has 5 nitrogen and oxygen atoms in total. The smallest absolute Gasteiger partial charge is 0.221 e. The third-order valence-corrected chi connectivity index (χ3v) is 6.18. The highest BCUT2D eigenvalue weighted by molar-refractivity contribution is 5.76. The molecule has 1 aliphatic carbocycles. The molecule has 1 saturated heterocycles. The summed E-state index contributed by atoms with van der Waals surface area (Å²) in [5.41, 5.74) is -0.133. The van der Waals surface area contributed by atoms with Gasteiger partial charge in [0.05, 0.1) is 5.60 Å². The lowest BCUT2D eigenvalue weighted by molar-refractivity contribution is -0.182. The molecule has 128 valence electrons. The van der Waals surface area contributed by atoms with E-state index in [9.17, 15) is 4.79 Å². The van der Waals surface area contributed by atoms with E-state index < -0.39 is 0 Å². The van der Waals surface area contributed by atoms with Crippen LogP contribution in [0.15, 0.2) is 0 Å². The quantitative estimate of drug-likeness (QED) is 0.804. The zero-order valence-electron chi connectivity index (χ0n) is 14.9. The fourth-order valence-electron chi connectivity index (χ4n) is 3.58. The summed E-state index contributed by atoms with van der Waals surface area (Å²) in [5.74, 6) is 0.175. The molecule has 5 heteroatoms. The predicted octanol–water partition coefficient (Wildman–Crippen LogP) is 1.33. The van der Waals surface area contributed by atoms with Crippen molar-refractivity contribution >= 4 is 5.91 Å². The van der Waals surface area contributed by atoms with E-state index >= 15 is 0 Å². The van der Waals surface area contributed by atoms with Crippen molar-refractivity contribution in [2.24, 2.45) is 5.41 Å². The molecule has 0 aromatic carbocycles. The SMILES string of the molecule is CCN1CCN(CCC(=O)NC2CC(C)(OC)C2(C)C)CC1. The van der Waals surface area contributed by atoms with E-state index in [1.165, 1.54) is 0 Å². The Morgan fingerprint density at radius 2 is 1.77 bits per heavy atom. The number of rotatable bonds is 6. The average Bonchev–Trinajstić information content (AvgIpc) is 2.52. The number of carbonyl (C=O) groups excluding carboxylic acids is 1. The van der Waals surface area contributed by atoms with Gasteiger partial charge in [0.15, 0.2) is 0 Å². The van der Waals surface area contributed by atoms with Gasteiger partial charge in [0.1, 0.15) is 0 Å². The summed E-state index contributed by atoms with van der Waals surface area (Å²) in [6.45, 7) is 15.1. The minimum atomic E-state index is -0.124. The van der Waals surface area contributed by atoms with Gasteiger partial charge in [-0.15, -0.1) is 0 Å². The Balaban J connectivity index is 1.69. The molecular formula is C17H33N3O2. The van der Waals surface area contributed by atoms with Crippen molar-refractivity contribution in [2.45, 2.75) is 52.2 Å². The van der Waals surface area contributed by atoms with Crippen LogP contribution in [0.2, 0.25) is 0 Å². The van der Waals surface area contributed by atoms with Crippen LogP contribution >= 0.6 is 0 Å². The van der Waals surface area contributed by atoms with Gasteiger partial charge in [-0.25, -0.2) is 0 Å². The molecule has 1 heterocycles. The molecule has 1 aliphatic heterocycles.